The quantitative estimate of drug-likeness (QED) is 0.603. The highest BCUT2D eigenvalue weighted by Crippen LogP contribution is 2.24. The summed E-state index contributed by atoms with van der Waals surface area (Å²) in [7, 11) is -2.19. The van der Waals surface area contributed by atoms with Crippen LogP contribution in [0, 0.1) is 6.92 Å². The van der Waals surface area contributed by atoms with Crippen molar-refractivity contribution >= 4 is 31.6 Å². The average molecular weight is 407 g/mol. The summed E-state index contributed by atoms with van der Waals surface area (Å²) in [6.07, 6.45) is 0. The van der Waals surface area contributed by atoms with Crippen LogP contribution in [0.5, 0.6) is 5.75 Å². The fourth-order valence-electron chi connectivity index (χ4n) is 2.64. The number of fused-ring (bicyclic) bond motifs is 1. The molecule has 0 amide bonds. The molecule has 0 aliphatic heterocycles. The first-order valence-corrected chi connectivity index (χ1v) is 10.8. The van der Waals surface area contributed by atoms with Crippen LogP contribution in [0.25, 0.3) is 10.2 Å². The van der Waals surface area contributed by atoms with Gasteiger partial charge in [-0.3, -0.25) is 0 Å². The molecule has 0 bridgehead atoms. The topological polar surface area (TPSA) is 69.9 Å². The van der Waals surface area contributed by atoms with Gasteiger partial charge in [-0.05, 0) is 44.2 Å². The van der Waals surface area contributed by atoms with Crippen LogP contribution in [0.2, 0.25) is 0 Å². The number of hydrogen-bond acceptors (Lipinski definition) is 5. The van der Waals surface area contributed by atoms with E-state index in [1.165, 1.54) is 11.3 Å². The van der Waals surface area contributed by atoms with Crippen LogP contribution in [0.15, 0.2) is 51.8 Å². The number of benzene rings is 2. The smallest absolute Gasteiger partial charge is 0.285 e. The molecular weight excluding hydrogens is 384 g/mol. The molecule has 27 heavy (non-hydrogen) atoms. The van der Waals surface area contributed by atoms with Gasteiger partial charge in [0.25, 0.3) is 10.0 Å². The predicted octanol–water partition coefficient (Wildman–Crippen LogP) is 3.35. The minimum absolute atomic E-state index is 0.179. The van der Waals surface area contributed by atoms with Gasteiger partial charge in [-0.25, -0.2) is 0 Å². The lowest BCUT2D eigenvalue weighted by Gasteiger charge is -2.06. The maximum atomic E-state index is 12.8. The van der Waals surface area contributed by atoms with Crippen LogP contribution in [0.3, 0.4) is 0 Å². The number of methoxy groups -OCH3 is 1. The van der Waals surface area contributed by atoms with Crippen molar-refractivity contribution in [1.29, 1.82) is 0 Å². The molecule has 144 valence electrons. The van der Waals surface area contributed by atoms with E-state index in [1.54, 1.807) is 31.4 Å². The Balaban J connectivity index is 2.15. The van der Waals surface area contributed by atoms with Crippen LogP contribution < -0.4 is 9.54 Å². The van der Waals surface area contributed by atoms with Crippen molar-refractivity contribution in [2.75, 3.05) is 20.3 Å². The van der Waals surface area contributed by atoms with E-state index in [9.17, 15) is 8.42 Å². The summed E-state index contributed by atoms with van der Waals surface area (Å²) in [5, 5.41) is 0. The van der Waals surface area contributed by atoms with E-state index in [-0.39, 0.29) is 4.90 Å². The first-order valence-electron chi connectivity index (χ1n) is 8.57. The lowest BCUT2D eigenvalue weighted by atomic mass is 10.2. The van der Waals surface area contributed by atoms with Crippen molar-refractivity contribution in [2.45, 2.75) is 25.3 Å². The van der Waals surface area contributed by atoms with Crippen LogP contribution in [0.1, 0.15) is 12.5 Å². The molecule has 0 fully saturated rings. The molecule has 0 aliphatic rings. The van der Waals surface area contributed by atoms with E-state index in [0.717, 1.165) is 21.5 Å². The Kier molecular flexibility index (Phi) is 5.98. The zero-order valence-corrected chi connectivity index (χ0v) is 17.1. The molecule has 0 aliphatic carbocycles. The molecule has 1 heterocycles. The van der Waals surface area contributed by atoms with E-state index in [2.05, 4.69) is 4.40 Å². The minimum atomic E-state index is -3.80. The van der Waals surface area contributed by atoms with Crippen LogP contribution in [-0.2, 0) is 21.3 Å². The summed E-state index contributed by atoms with van der Waals surface area (Å²) in [5.74, 6) is 0.748. The minimum Gasteiger partial charge on any atom is -0.494 e. The second-order valence-corrected chi connectivity index (χ2v) is 8.58. The first kappa shape index (κ1) is 19.6. The summed E-state index contributed by atoms with van der Waals surface area (Å²) in [6, 6.07) is 12.4. The van der Waals surface area contributed by atoms with Crippen molar-refractivity contribution in [1.82, 2.24) is 4.57 Å². The van der Waals surface area contributed by atoms with Crippen LogP contribution in [-0.4, -0.2) is 33.3 Å². The van der Waals surface area contributed by atoms with Gasteiger partial charge in [0.2, 0.25) is 4.80 Å². The third kappa shape index (κ3) is 4.40. The molecule has 0 radical (unpaired) electrons. The maximum Gasteiger partial charge on any atom is 0.285 e. The van der Waals surface area contributed by atoms with Crippen molar-refractivity contribution < 1.29 is 17.9 Å². The fraction of sp³-hybridized carbons (Fsp3) is 0.316. The number of thiazole rings is 1. The van der Waals surface area contributed by atoms with E-state index < -0.39 is 10.0 Å². The highest BCUT2D eigenvalue weighted by molar-refractivity contribution is 7.90. The van der Waals surface area contributed by atoms with Gasteiger partial charge < -0.3 is 14.0 Å². The van der Waals surface area contributed by atoms with Crippen LogP contribution >= 0.6 is 11.3 Å². The molecule has 6 nitrogen and oxygen atoms in total. The van der Waals surface area contributed by atoms with Gasteiger partial charge in [0.1, 0.15) is 5.75 Å². The number of aromatic nitrogens is 1. The molecular formula is C19H22N2O4S2. The zero-order valence-electron chi connectivity index (χ0n) is 15.5. The van der Waals surface area contributed by atoms with E-state index in [1.807, 2.05) is 36.6 Å². The average Bonchev–Trinajstić information content (AvgIpc) is 2.96. The molecule has 3 aromatic rings. The van der Waals surface area contributed by atoms with E-state index in [4.69, 9.17) is 9.47 Å². The maximum absolute atomic E-state index is 12.8. The van der Waals surface area contributed by atoms with Crippen LogP contribution in [0.4, 0.5) is 0 Å². The Hall–Kier alpha value is -2.16. The number of rotatable bonds is 7. The molecule has 0 saturated carbocycles. The first-order chi connectivity index (χ1) is 12.9. The Morgan fingerprint density at radius 1 is 1.15 bits per heavy atom. The summed E-state index contributed by atoms with van der Waals surface area (Å²) in [5.41, 5.74) is 1.90. The second kappa shape index (κ2) is 8.24. The number of aryl methyl sites for hydroxylation is 1. The van der Waals surface area contributed by atoms with E-state index in [0.29, 0.717) is 24.6 Å². The number of hydrogen-bond donors (Lipinski definition) is 0. The molecule has 0 atom stereocenters. The van der Waals surface area contributed by atoms with Gasteiger partial charge in [0.05, 0.1) is 28.3 Å². The zero-order chi connectivity index (χ0) is 19.4. The summed E-state index contributed by atoms with van der Waals surface area (Å²) in [4.78, 5) is 0.593. The lowest BCUT2D eigenvalue weighted by Crippen LogP contribution is -2.19. The molecule has 3 rings (SSSR count). The lowest BCUT2D eigenvalue weighted by molar-refractivity contribution is 0.187. The number of ether oxygens (including phenoxy) is 2. The van der Waals surface area contributed by atoms with Crippen molar-refractivity contribution in [3.63, 3.8) is 0 Å². The van der Waals surface area contributed by atoms with Gasteiger partial charge in [-0.2, -0.15) is 8.42 Å². The summed E-state index contributed by atoms with van der Waals surface area (Å²) in [6.45, 7) is 5.36. The van der Waals surface area contributed by atoms with Gasteiger partial charge in [-0.15, -0.1) is 4.40 Å². The number of nitrogens with zero attached hydrogens (tertiary/aromatic N) is 2. The predicted molar refractivity (Wildman–Crippen MR) is 107 cm³/mol. The van der Waals surface area contributed by atoms with Crippen molar-refractivity contribution in [3.05, 3.63) is 52.8 Å². The van der Waals surface area contributed by atoms with Crippen molar-refractivity contribution in [3.8, 4) is 5.75 Å². The molecule has 0 spiro atoms. The normalized spacial score (nSPS) is 12.6. The number of sulfonamides is 1. The summed E-state index contributed by atoms with van der Waals surface area (Å²) >= 11 is 1.32. The van der Waals surface area contributed by atoms with Crippen molar-refractivity contribution in [2.24, 2.45) is 4.40 Å². The Morgan fingerprint density at radius 2 is 1.89 bits per heavy atom. The Morgan fingerprint density at radius 3 is 2.56 bits per heavy atom. The largest absolute Gasteiger partial charge is 0.494 e. The van der Waals surface area contributed by atoms with Gasteiger partial charge >= 0.3 is 0 Å². The molecule has 8 heteroatoms. The molecule has 2 aromatic carbocycles. The molecule has 0 unspecified atom stereocenters. The third-order valence-corrected chi connectivity index (χ3v) is 6.44. The SMILES string of the molecule is CCOc1ccc2c(c1)sc(=NS(=O)(=O)c1ccc(C)cc1)n2CCOC. The van der Waals surface area contributed by atoms with Gasteiger partial charge in [0.15, 0.2) is 0 Å². The monoisotopic (exact) mass is 406 g/mol. The Bertz CT molecular complexity index is 1100. The summed E-state index contributed by atoms with van der Waals surface area (Å²) < 4.78 is 43.1. The highest BCUT2D eigenvalue weighted by Gasteiger charge is 2.15. The molecule has 0 saturated heterocycles. The Labute approximate surface area is 162 Å². The van der Waals surface area contributed by atoms with Gasteiger partial charge in [-0.1, -0.05) is 29.0 Å². The van der Waals surface area contributed by atoms with Gasteiger partial charge in [0, 0.05) is 13.7 Å². The second-order valence-electron chi connectivity index (χ2n) is 5.97. The molecule has 0 N–H and O–H groups in total. The van der Waals surface area contributed by atoms with E-state index >= 15 is 0 Å². The standard InChI is InChI=1S/C19H22N2O4S2/c1-4-25-15-7-10-17-18(13-15)26-19(21(17)11-12-24-3)20-27(22,23)16-8-5-14(2)6-9-16/h5-10,13H,4,11-12H2,1-3H3. The highest BCUT2D eigenvalue weighted by atomic mass is 32.2. The fourth-order valence-corrected chi connectivity index (χ4v) is 4.93. The third-order valence-electron chi connectivity index (χ3n) is 4.00. The molecule has 1 aromatic heterocycles.